The topological polar surface area (TPSA) is 17.8 Å². The molecule has 0 spiro atoms. The zero-order valence-corrected chi connectivity index (χ0v) is 14.6. The summed E-state index contributed by atoms with van der Waals surface area (Å²) >= 11 is 1.81. The molecule has 0 unspecified atom stereocenters. The number of hydrogen-bond acceptors (Lipinski definition) is 2. The molecule has 0 N–H and O–H groups in total. The van der Waals surface area contributed by atoms with Gasteiger partial charge in [-0.05, 0) is 54.4 Å². The number of hydrogen-bond donors (Lipinski definition) is 0. The monoisotopic (exact) mass is 348 g/mol. The highest BCUT2D eigenvalue weighted by Crippen LogP contribution is 2.32. The van der Waals surface area contributed by atoms with E-state index < -0.39 is 0 Å². The fourth-order valence-corrected chi connectivity index (χ4v) is 3.97. The second-order valence-electron chi connectivity index (χ2n) is 6.00. The van der Waals surface area contributed by atoms with Gasteiger partial charge in [0.1, 0.15) is 5.82 Å². The minimum atomic E-state index is -0.240. The van der Waals surface area contributed by atoms with Gasteiger partial charge in [-0.15, -0.1) is 11.8 Å². The predicted molar refractivity (Wildman–Crippen MR) is 102 cm³/mol. The third-order valence-corrected chi connectivity index (χ3v) is 5.23. The zero-order chi connectivity index (χ0) is 17.2. The van der Waals surface area contributed by atoms with Crippen molar-refractivity contribution in [1.29, 1.82) is 0 Å². The number of nitrogens with zero attached hydrogens (tertiary/aromatic N) is 2. The molecule has 0 aliphatic heterocycles. The molecule has 1 heterocycles. The molecular formula is C21H17FN2S. The molecule has 0 saturated carbocycles. The van der Waals surface area contributed by atoms with Crippen LogP contribution in [-0.4, -0.2) is 9.78 Å². The molecule has 0 radical (unpaired) electrons. The fourth-order valence-electron chi connectivity index (χ4n) is 2.87. The highest BCUT2D eigenvalue weighted by Gasteiger charge is 2.11. The average molecular weight is 348 g/mol. The summed E-state index contributed by atoms with van der Waals surface area (Å²) in [6.07, 6.45) is 1.89. The summed E-state index contributed by atoms with van der Waals surface area (Å²) < 4.78 is 15.1. The second kappa shape index (κ2) is 6.73. The number of aromatic nitrogens is 2. The second-order valence-corrected chi connectivity index (χ2v) is 7.02. The van der Waals surface area contributed by atoms with Crippen molar-refractivity contribution in [3.63, 3.8) is 0 Å². The van der Waals surface area contributed by atoms with Crippen LogP contribution in [0.25, 0.3) is 16.6 Å². The maximum atomic E-state index is 13.2. The van der Waals surface area contributed by atoms with E-state index >= 15 is 0 Å². The quantitative estimate of drug-likeness (QED) is 0.436. The van der Waals surface area contributed by atoms with Crippen molar-refractivity contribution >= 4 is 22.7 Å². The van der Waals surface area contributed by atoms with Crippen LogP contribution in [0.15, 0.2) is 77.8 Å². The van der Waals surface area contributed by atoms with Crippen molar-refractivity contribution in [2.45, 2.75) is 17.6 Å². The first-order valence-corrected chi connectivity index (χ1v) is 9.10. The Labute approximate surface area is 150 Å². The van der Waals surface area contributed by atoms with Gasteiger partial charge in [-0.3, -0.25) is 0 Å². The summed E-state index contributed by atoms with van der Waals surface area (Å²) in [5.41, 5.74) is 4.39. The molecule has 2 nitrogen and oxygen atoms in total. The van der Waals surface area contributed by atoms with Gasteiger partial charge in [0.25, 0.3) is 0 Å². The van der Waals surface area contributed by atoms with Crippen molar-refractivity contribution in [2.75, 3.05) is 0 Å². The number of aryl methyl sites for hydroxylation is 1. The first-order valence-electron chi connectivity index (χ1n) is 8.12. The van der Waals surface area contributed by atoms with Crippen LogP contribution in [0.2, 0.25) is 0 Å². The van der Waals surface area contributed by atoms with Crippen molar-refractivity contribution in [1.82, 2.24) is 9.78 Å². The highest BCUT2D eigenvalue weighted by atomic mass is 32.2. The lowest BCUT2D eigenvalue weighted by Crippen LogP contribution is -1.96. The summed E-state index contributed by atoms with van der Waals surface area (Å²) in [6, 6.07) is 21.2. The minimum Gasteiger partial charge on any atom is -0.233 e. The van der Waals surface area contributed by atoms with Crippen LogP contribution in [0.3, 0.4) is 0 Å². The largest absolute Gasteiger partial charge is 0.233 e. The van der Waals surface area contributed by atoms with Crippen LogP contribution < -0.4 is 0 Å². The van der Waals surface area contributed by atoms with Crippen LogP contribution in [-0.2, 0) is 5.75 Å². The van der Waals surface area contributed by atoms with Gasteiger partial charge in [-0.2, -0.15) is 5.10 Å². The van der Waals surface area contributed by atoms with Crippen molar-refractivity contribution in [2.24, 2.45) is 0 Å². The molecule has 3 aromatic carbocycles. The van der Waals surface area contributed by atoms with E-state index in [0.29, 0.717) is 0 Å². The van der Waals surface area contributed by atoms with Crippen molar-refractivity contribution in [3.8, 4) is 5.69 Å². The van der Waals surface area contributed by atoms with E-state index in [1.54, 1.807) is 12.1 Å². The Bertz CT molecular complexity index is 1010. The number of halogens is 1. The highest BCUT2D eigenvalue weighted by molar-refractivity contribution is 7.98. The Balaban J connectivity index is 1.72. The minimum absolute atomic E-state index is 0.240. The summed E-state index contributed by atoms with van der Waals surface area (Å²) in [4.78, 5) is 1.22. The van der Waals surface area contributed by atoms with Gasteiger partial charge in [0, 0.05) is 16.0 Å². The van der Waals surface area contributed by atoms with Crippen LogP contribution >= 0.6 is 11.8 Å². The lowest BCUT2D eigenvalue weighted by molar-refractivity contribution is 0.627. The standard InChI is InChI=1S/C21H17FN2S/c1-15-11-20-19(13-23-24(20)18-9-7-17(22)8-10-18)21(12-15)25-14-16-5-3-2-4-6-16/h2-13H,14H2,1H3. The number of rotatable bonds is 4. The zero-order valence-electron chi connectivity index (χ0n) is 13.8. The maximum absolute atomic E-state index is 13.2. The first kappa shape index (κ1) is 15.9. The molecule has 4 aromatic rings. The third kappa shape index (κ3) is 3.30. The van der Waals surface area contributed by atoms with Crippen LogP contribution in [0, 0.1) is 12.7 Å². The van der Waals surface area contributed by atoms with Gasteiger partial charge in [-0.25, -0.2) is 9.07 Å². The van der Waals surface area contributed by atoms with Crippen LogP contribution in [0.5, 0.6) is 0 Å². The number of benzene rings is 3. The van der Waals surface area contributed by atoms with Gasteiger partial charge in [0.2, 0.25) is 0 Å². The van der Waals surface area contributed by atoms with E-state index in [-0.39, 0.29) is 5.82 Å². The molecule has 0 fully saturated rings. The smallest absolute Gasteiger partial charge is 0.123 e. The Morgan fingerprint density at radius 2 is 1.76 bits per heavy atom. The van der Waals surface area contributed by atoms with Gasteiger partial charge in [0.15, 0.2) is 0 Å². The summed E-state index contributed by atoms with van der Waals surface area (Å²) in [5.74, 6) is 0.677. The molecule has 0 amide bonds. The van der Waals surface area contributed by atoms with E-state index in [4.69, 9.17) is 0 Å². The lowest BCUT2D eigenvalue weighted by Gasteiger charge is -2.08. The molecule has 124 valence electrons. The van der Waals surface area contributed by atoms with E-state index in [1.807, 2.05) is 28.7 Å². The van der Waals surface area contributed by atoms with Gasteiger partial charge >= 0.3 is 0 Å². The fraction of sp³-hybridized carbons (Fsp3) is 0.0952. The molecule has 0 bridgehead atoms. The number of fused-ring (bicyclic) bond motifs is 1. The van der Waals surface area contributed by atoms with Gasteiger partial charge in [-0.1, -0.05) is 30.3 Å². The molecule has 1 aromatic heterocycles. The van der Waals surface area contributed by atoms with Crippen molar-refractivity contribution < 1.29 is 4.39 Å². The molecule has 25 heavy (non-hydrogen) atoms. The third-order valence-electron chi connectivity index (χ3n) is 4.10. The normalized spacial score (nSPS) is 11.1. The van der Waals surface area contributed by atoms with Gasteiger partial charge in [0.05, 0.1) is 17.4 Å². The molecule has 0 atom stereocenters. The van der Waals surface area contributed by atoms with E-state index in [2.05, 4.69) is 48.4 Å². The Kier molecular flexibility index (Phi) is 4.28. The van der Waals surface area contributed by atoms with Crippen molar-refractivity contribution in [3.05, 3.63) is 89.9 Å². The lowest BCUT2D eigenvalue weighted by atomic mass is 10.2. The first-order chi connectivity index (χ1) is 12.2. The molecule has 4 heteroatoms. The van der Waals surface area contributed by atoms with Gasteiger partial charge < -0.3 is 0 Å². The Hall–Kier alpha value is -2.59. The van der Waals surface area contributed by atoms with E-state index in [0.717, 1.165) is 22.3 Å². The molecule has 0 aliphatic rings. The van der Waals surface area contributed by atoms with E-state index in [1.165, 1.54) is 28.2 Å². The molecule has 0 aliphatic carbocycles. The number of thioether (sulfide) groups is 1. The molecule has 4 rings (SSSR count). The van der Waals surface area contributed by atoms with E-state index in [9.17, 15) is 4.39 Å². The summed E-state index contributed by atoms with van der Waals surface area (Å²) in [5, 5.41) is 5.65. The molecule has 0 saturated heterocycles. The SMILES string of the molecule is Cc1cc(SCc2ccccc2)c2cnn(-c3ccc(F)cc3)c2c1. The van der Waals surface area contributed by atoms with Crippen LogP contribution in [0.4, 0.5) is 4.39 Å². The van der Waals surface area contributed by atoms with Crippen LogP contribution in [0.1, 0.15) is 11.1 Å². The molecular weight excluding hydrogens is 331 g/mol. The summed E-state index contributed by atoms with van der Waals surface area (Å²) in [6.45, 7) is 2.09. The average Bonchev–Trinajstić information content (AvgIpc) is 3.05. The maximum Gasteiger partial charge on any atom is 0.123 e. The Morgan fingerprint density at radius 3 is 2.52 bits per heavy atom. The predicted octanol–water partition coefficient (Wildman–Crippen LogP) is 5.77. The summed E-state index contributed by atoms with van der Waals surface area (Å²) in [7, 11) is 0. The Morgan fingerprint density at radius 1 is 1.00 bits per heavy atom.